The molecule has 0 aliphatic rings. The number of aromatic nitrogens is 1. The van der Waals surface area contributed by atoms with E-state index in [0.717, 1.165) is 18.4 Å². The highest BCUT2D eigenvalue weighted by molar-refractivity contribution is 5.55. The van der Waals surface area contributed by atoms with Gasteiger partial charge in [-0.15, -0.1) is 0 Å². The van der Waals surface area contributed by atoms with Gasteiger partial charge in [0, 0.05) is 5.56 Å². The topological polar surface area (TPSA) is 26.0 Å². The van der Waals surface area contributed by atoms with Crippen LogP contribution in [0.15, 0.2) is 65.4 Å². The predicted molar refractivity (Wildman–Crippen MR) is 80.5 cm³/mol. The number of benzene rings is 2. The van der Waals surface area contributed by atoms with Crippen molar-refractivity contribution in [2.45, 2.75) is 19.8 Å². The molecule has 0 saturated carbocycles. The molecule has 0 radical (unpaired) electrons. The first-order chi connectivity index (χ1) is 9.83. The Kier molecular flexibility index (Phi) is 3.64. The minimum absolute atomic E-state index is 0.683. The van der Waals surface area contributed by atoms with Gasteiger partial charge in [0.05, 0.1) is 6.20 Å². The standard InChI is InChI=1S/C18H17NO/c1-14-13-17(18-19-11-12-20-18)10-9-16(14)8-7-15-5-3-2-4-6-15/h2-6,9-13H,7-8H2,1H3. The maximum absolute atomic E-state index is 5.33. The Morgan fingerprint density at radius 1 is 1.00 bits per heavy atom. The smallest absolute Gasteiger partial charge is 0.225 e. The maximum Gasteiger partial charge on any atom is 0.225 e. The number of hydrogen-bond donors (Lipinski definition) is 0. The first-order valence-corrected chi connectivity index (χ1v) is 6.86. The molecule has 0 N–H and O–H groups in total. The Balaban J connectivity index is 1.75. The van der Waals surface area contributed by atoms with Crippen LogP contribution < -0.4 is 0 Å². The van der Waals surface area contributed by atoms with Crippen LogP contribution in [0.25, 0.3) is 11.5 Å². The molecule has 1 aromatic heterocycles. The summed E-state index contributed by atoms with van der Waals surface area (Å²) in [5.74, 6) is 0.683. The summed E-state index contributed by atoms with van der Waals surface area (Å²) in [5.41, 5.74) is 5.08. The van der Waals surface area contributed by atoms with Gasteiger partial charge in [0.1, 0.15) is 6.26 Å². The lowest BCUT2D eigenvalue weighted by Crippen LogP contribution is -1.94. The van der Waals surface area contributed by atoms with Gasteiger partial charge in [0.15, 0.2) is 0 Å². The number of nitrogens with zero attached hydrogens (tertiary/aromatic N) is 1. The van der Waals surface area contributed by atoms with Crippen LogP contribution in [0.1, 0.15) is 16.7 Å². The fraction of sp³-hybridized carbons (Fsp3) is 0.167. The van der Waals surface area contributed by atoms with E-state index in [9.17, 15) is 0 Å². The molecular weight excluding hydrogens is 246 g/mol. The van der Waals surface area contributed by atoms with Crippen molar-refractivity contribution in [1.29, 1.82) is 0 Å². The zero-order chi connectivity index (χ0) is 13.8. The second-order valence-electron chi connectivity index (χ2n) is 4.96. The summed E-state index contributed by atoms with van der Waals surface area (Å²) in [6.07, 6.45) is 5.41. The van der Waals surface area contributed by atoms with Gasteiger partial charge in [-0.3, -0.25) is 0 Å². The molecule has 100 valence electrons. The molecule has 1 heterocycles. The molecule has 0 spiro atoms. The van der Waals surface area contributed by atoms with Gasteiger partial charge in [-0.05, 0) is 48.6 Å². The Morgan fingerprint density at radius 3 is 2.55 bits per heavy atom. The van der Waals surface area contributed by atoms with E-state index in [-0.39, 0.29) is 0 Å². The third-order valence-electron chi connectivity index (χ3n) is 3.55. The highest BCUT2D eigenvalue weighted by Crippen LogP contribution is 2.21. The van der Waals surface area contributed by atoms with Crippen molar-refractivity contribution < 1.29 is 4.42 Å². The van der Waals surface area contributed by atoms with Crippen LogP contribution in [0.2, 0.25) is 0 Å². The predicted octanol–water partition coefficient (Wildman–Crippen LogP) is 4.44. The van der Waals surface area contributed by atoms with Crippen LogP contribution in [-0.4, -0.2) is 4.98 Å². The summed E-state index contributed by atoms with van der Waals surface area (Å²) in [4.78, 5) is 4.18. The average Bonchev–Trinajstić information content (AvgIpc) is 3.01. The lowest BCUT2D eigenvalue weighted by molar-refractivity contribution is 0.574. The quantitative estimate of drug-likeness (QED) is 0.695. The molecule has 0 fully saturated rings. The third kappa shape index (κ3) is 2.80. The maximum atomic E-state index is 5.33. The first-order valence-electron chi connectivity index (χ1n) is 6.86. The molecule has 0 aliphatic carbocycles. The van der Waals surface area contributed by atoms with Gasteiger partial charge in [-0.25, -0.2) is 4.98 Å². The Morgan fingerprint density at radius 2 is 1.85 bits per heavy atom. The van der Waals surface area contributed by atoms with Gasteiger partial charge < -0.3 is 4.42 Å². The van der Waals surface area contributed by atoms with E-state index < -0.39 is 0 Å². The summed E-state index contributed by atoms with van der Waals surface area (Å²) in [6, 6.07) is 17.0. The van der Waals surface area contributed by atoms with Crippen LogP contribution in [0.5, 0.6) is 0 Å². The van der Waals surface area contributed by atoms with E-state index >= 15 is 0 Å². The zero-order valence-corrected chi connectivity index (χ0v) is 11.5. The van der Waals surface area contributed by atoms with E-state index in [1.165, 1.54) is 16.7 Å². The average molecular weight is 263 g/mol. The Labute approximate surface area is 119 Å². The van der Waals surface area contributed by atoms with Crippen molar-refractivity contribution >= 4 is 0 Å². The lowest BCUT2D eigenvalue weighted by Gasteiger charge is -2.07. The zero-order valence-electron chi connectivity index (χ0n) is 11.5. The normalized spacial score (nSPS) is 10.7. The van der Waals surface area contributed by atoms with Gasteiger partial charge >= 0.3 is 0 Å². The van der Waals surface area contributed by atoms with E-state index in [1.807, 2.05) is 0 Å². The van der Waals surface area contributed by atoms with Crippen LogP contribution in [0.4, 0.5) is 0 Å². The number of oxazole rings is 1. The molecule has 0 saturated heterocycles. The number of aryl methyl sites for hydroxylation is 3. The minimum Gasteiger partial charge on any atom is -0.445 e. The molecule has 2 nitrogen and oxygen atoms in total. The van der Waals surface area contributed by atoms with Crippen molar-refractivity contribution in [3.05, 3.63) is 77.7 Å². The molecule has 2 aromatic carbocycles. The summed E-state index contributed by atoms with van der Waals surface area (Å²) in [7, 11) is 0. The van der Waals surface area contributed by atoms with E-state index in [2.05, 4.69) is 60.4 Å². The minimum atomic E-state index is 0.683. The third-order valence-corrected chi connectivity index (χ3v) is 3.55. The lowest BCUT2D eigenvalue weighted by atomic mass is 9.99. The highest BCUT2D eigenvalue weighted by atomic mass is 16.3. The molecule has 3 aromatic rings. The van der Waals surface area contributed by atoms with Crippen LogP contribution in [-0.2, 0) is 12.8 Å². The van der Waals surface area contributed by atoms with E-state index in [0.29, 0.717) is 5.89 Å². The van der Waals surface area contributed by atoms with Crippen molar-refractivity contribution in [1.82, 2.24) is 4.98 Å². The van der Waals surface area contributed by atoms with Crippen molar-refractivity contribution in [3.63, 3.8) is 0 Å². The highest BCUT2D eigenvalue weighted by Gasteiger charge is 2.05. The summed E-state index contributed by atoms with van der Waals surface area (Å²) < 4.78 is 5.33. The van der Waals surface area contributed by atoms with Crippen LogP contribution in [0.3, 0.4) is 0 Å². The summed E-state index contributed by atoms with van der Waals surface area (Å²) in [5, 5.41) is 0. The van der Waals surface area contributed by atoms with Gasteiger partial charge in [-0.2, -0.15) is 0 Å². The Hall–Kier alpha value is -2.35. The molecule has 0 aliphatic heterocycles. The van der Waals surface area contributed by atoms with Gasteiger partial charge in [-0.1, -0.05) is 36.4 Å². The molecule has 2 heteroatoms. The van der Waals surface area contributed by atoms with Crippen LogP contribution >= 0.6 is 0 Å². The summed E-state index contributed by atoms with van der Waals surface area (Å²) >= 11 is 0. The van der Waals surface area contributed by atoms with Crippen molar-refractivity contribution in [2.75, 3.05) is 0 Å². The van der Waals surface area contributed by atoms with Crippen molar-refractivity contribution in [2.24, 2.45) is 0 Å². The molecule has 0 atom stereocenters. The largest absolute Gasteiger partial charge is 0.445 e. The molecule has 20 heavy (non-hydrogen) atoms. The molecular formula is C18H17NO. The fourth-order valence-electron chi connectivity index (χ4n) is 2.40. The monoisotopic (exact) mass is 263 g/mol. The summed E-state index contributed by atoms with van der Waals surface area (Å²) in [6.45, 7) is 2.15. The molecule has 3 rings (SSSR count). The SMILES string of the molecule is Cc1cc(-c2ncco2)ccc1CCc1ccccc1. The fourth-order valence-corrected chi connectivity index (χ4v) is 2.40. The molecule has 0 amide bonds. The van der Waals surface area contributed by atoms with Gasteiger partial charge in [0.25, 0.3) is 0 Å². The number of rotatable bonds is 4. The van der Waals surface area contributed by atoms with E-state index in [1.54, 1.807) is 12.5 Å². The van der Waals surface area contributed by atoms with Crippen LogP contribution in [0, 0.1) is 6.92 Å². The molecule has 0 bridgehead atoms. The molecule has 0 unspecified atom stereocenters. The second-order valence-corrected chi connectivity index (χ2v) is 4.96. The second kappa shape index (κ2) is 5.74. The van der Waals surface area contributed by atoms with Gasteiger partial charge in [0.2, 0.25) is 5.89 Å². The van der Waals surface area contributed by atoms with E-state index in [4.69, 9.17) is 4.42 Å². The first kappa shape index (κ1) is 12.7. The van der Waals surface area contributed by atoms with Crippen molar-refractivity contribution in [3.8, 4) is 11.5 Å². The number of hydrogen-bond acceptors (Lipinski definition) is 2. The Bertz CT molecular complexity index is 672.